The molecule has 3 aromatic rings. The molecule has 1 aliphatic heterocycles. The summed E-state index contributed by atoms with van der Waals surface area (Å²) < 4.78 is 27.7. The van der Waals surface area contributed by atoms with Gasteiger partial charge < -0.3 is 5.32 Å². The molecule has 1 fully saturated rings. The predicted octanol–water partition coefficient (Wildman–Crippen LogP) is 3.90. The molecule has 1 aromatic carbocycles. The van der Waals surface area contributed by atoms with Gasteiger partial charge in [-0.1, -0.05) is 13.3 Å². The van der Waals surface area contributed by atoms with Gasteiger partial charge >= 0.3 is 0 Å². The summed E-state index contributed by atoms with van der Waals surface area (Å²) >= 11 is 1.47. The lowest BCUT2D eigenvalue weighted by Crippen LogP contribution is -2.43. The molecule has 7 nitrogen and oxygen atoms in total. The molecule has 0 bridgehead atoms. The fraction of sp³-hybridized carbons (Fsp3) is 0.350. The standard InChI is InChI=1S/C20H22N4O3S2/c1-2-15-5-3-4-11-24(15)29(26,27)16-8-6-14(7-9-16)19(25)23-18-17-10-12-28-20(17)22-13-21-18/h6-10,12-13,15H,2-5,11H2,1H3,(H,21,22,23,25). The number of nitrogens with zero attached hydrogens (tertiary/aromatic N) is 3. The smallest absolute Gasteiger partial charge is 0.256 e. The maximum Gasteiger partial charge on any atom is 0.256 e. The fourth-order valence-electron chi connectivity index (χ4n) is 3.68. The van der Waals surface area contributed by atoms with Crippen LogP contribution < -0.4 is 5.32 Å². The molecule has 2 aromatic heterocycles. The Kier molecular flexibility index (Phi) is 5.62. The number of thiophene rings is 1. The highest BCUT2D eigenvalue weighted by molar-refractivity contribution is 7.89. The Balaban J connectivity index is 1.54. The van der Waals surface area contributed by atoms with Crippen molar-refractivity contribution in [3.8, 4) is 0 Å². The number of carbonyl (C=O) groups is 1. The van der Waals surface area contributed by atoms with Gasteiger partial charge in [0.15, 0.2) is 0 Å². The zero-order chi connectivity index (χ0) is 20.4. The molecule has 9 heteroatoms. The summed E-state index contributed by atoms with van der Waals surface area (Å²) in [6, 6.07) is 7.99. The quantitative estimate of drug-likeness (QED) is 0.663. The molecule has 1 atom stereocenters. The number of rotatable bonds is 5. The Morgan fingerprint density at radius 2 is 2.00 bits per heavy atom. The fourth-order valence-corrected chi connectivity index (χ4v) is 6.18. The van der Waals surface area contributed by atoms with Crippen molar-refractivity contribution in [2.75, 3.05) is 11.9 Å². The molecule has 1 saturated heterocycles. The molecule has 1 amide bonds. The van der Waals surface area contributed by atoms with E-state index in [0.29, 0.717) is 17.9 Å². The largest absolute Gasteiger partial charge is 0.306 e. The molecule has 1 unspecified atom stereocenters. The number of carbonyl (C=O) groups excluding carboxylic acids is 1. The summed E-state index contributed by atoms with van der Waals surface area (Å²) in [6.45, 7) is 2.57. The Morgan fingerprint density at radius 3 is 2.76 bits per heavy atom. The van der Waals surface area contributed by atoms with Crippen LogP contribution in [0.15, 0.2) is 46.9 Å². The second-order valence-corrected chi connectivity index (χ2v) is 9.80. The number of nitrogens with one attached hydrogen (secondary N) is 1. The average Bonchev–Trinajstić information content (AvgIpc) is 3.23. The SMILES string of the molecule is CCC1CCCCN1S(=O)(=O)c1ccc(C(=O)Nc2ncnc3sccc23)cc1. The van der Waals surface area contributed by atoms with E-state index in [1.54, 1.807) is 16.4 Å². The number of hydrogen-bond donors (Lipinski definition) is 1. The van der Waals surface area contributed by atoms with Gasteiger partial charge in [0.2, 0.25) is 10.0 Å². The molecule has 0 radical (unpaired) electrons. The van der Waals surface area contributed by atoms with Crippen molar-refractivity contribution in [2.24, 2.45) is 0 Å². The monoisotopic (exact) mass is 430 g/mol. The number of fused-ring (bicyclic) bond motifs is 1. The third-order valence-corrected chi connectivity index (χ3v) is 8.05. The predicted molar refractivity (Wildman–Crippen MR) is 114 cm³/mol. The normalized spacial score (nSPS) is 18.0. The lowest BCUT2D eigenvalue weighted by molar-refractivity contribution is 0.102. The van der Waals surface area contributed by atoms with Crippen LogP contribution in [0.5, 0.6) is 0 Å². The van der Waals surface area contributed by atoms with Crippen LogP contribution in [0.25, 0.3) is 10.2 Å². The van der Waals surface area contributed by atoms with Gasteiger partial charge in [-0.15, -0.1) is 11.3 Å². The van der Waals surface area contributed by atoms with Crippen molar-refractivity contribution >= 4 is 43.3 Å². The number of benzene rings is 1. The summed E-state index contributed by atoms with van der Waals surface area (Å²) in [5.74, 6) is 0.0987. The molecule has 0 spiro atoms. The summed E-state index contributed by atoms with van der Waals surface area (Å²) in [7, 11) is -3.56. The van der Waals surface area contributed by atoms with Crippen molar-refractivity contribution in [3.05, 3.63) is 47.6 Å². The van der Waals surface area contributed by atoms with Crippen LogP contribution in [-0.2, 0) is 10.0 Å². The first-order valence-corrected chi connectivity index (χ1v) is 11.9. The molecule has 29 heavy (non-hydrogen) atoms. The number of amides is 1. The van der Waals surface area contributed by atoms with Crippen molar-refractivity contribution in [2.45, 2.75) is 43.5 Å². The number of aromatic nitrogens is 2. The molecular weight excluding hydrogens is 408 g/mol. The van der Waals surface area contributed by atoms with Crippen LogP contribution in [0.2, 0.25) is 0 Å². The molecule has 1 aliphatic rings. The minimum Gasteiger partial charge on any atom is -0.306 e. The molecule has 152 valence electrons. The van der Waals surface area contributed by atoms with Gasteiger partial charge in [-0.05, 0) is 55.0 Å². The van der Waals surface area contributed by atoms with Gasteiger partial charge in [-0.2, -0.15) is 4.31 Å². The molecule has 3 heterocycles. The molecule has 0 aliphatic carbocycles. The maximum atomic E-state index is 13.1. The highest BCUT2D eigenvalue weighted by Gasteiger charge is 2.32. The first-order valence-electron chi connectivity index (χ1n) is 9.62. The second-order valence-electron chi connectivity index (χ2n) is 7.01. The maximum absolute atomic E-state index is 13.1. The Morgan fingerprint density at radius 1 is 1.21 bits per heavy atom. The van der Waals surface area contributed by atoms with Crippen molar-refractivity contribution in [3.63, 3.8) is 0 Å². The summed E-state index contributed by atoms with van der Waals surface area (Å²) in [5.41, 5.74) is 0.372. The Labute approximate surface area is 173 Å². The molecule has 4 rings (SSSR count). The lowest BCUT2D eigenvalue weighted by atomic mass is 10.0. The van der Waals surface area contributed by atoms with Crippen LogP contribution in [0.4, 0.5) is 5.82 Å². The molecule has 0 saturated carbocycles. The second kappa shape index (κ2) is 8.17. The third-order valence-electron chi connectivity index (χ3n) is 5.26. The van der Waals surface area contributed by atoms with Gasteiger partial charge in [0.05, 0.1) is 10.3 Å². The van der Waals surface area contributed by atoms with Crippen LogP contribution in [0.1, 0.15) is 43.0 Å². The first-order chi connectivity index (χ1) is 14.0. The van der Waals surface area contributed by atoms with Gasteiger partial charge in [0.1, 0.15) is 17.0 Å². The third kappa shape index (κ3) is 3.90. The van der Waals surface area contributed by atoms with E-state index >= 15 is 0 Å². The zero-order valence-electron chi connectivity index (χ0n) is 16.0. The highest BCUT2D eigenvalue weighted by Crippen LogP contribution is 2.28. The average molecular weight is 431 g/mol. The van der Waals surface area contributed by atoms with Gasteiger partial charge in [0.25, 0.3) is 5.91 Å². The van der Waals surface area contributed by atoms with Crippen LogP contribution in [0.3, 0.4) is 0 Å². The van der Waals surface area contributed by atoms with Gasteiger partial charge in [0, 0.05) is 18.2 Å². The van der Waals surface area contributed by atoms with E-state index < -0.39 is 10.0 Å². The van der Waals surface area contributed by atoms with E-state index in [-0.39, 0.29) is 16.8 Å². The summed E-state index contributed by atoms with van der Waals surface area (Å²) in [5, 5.41) is 5.45. The van der Waals surface area contributed by atoms with Crippen molar-refractivity contribution < 1.29 is 13.2 Å². The molecule has 1 N–H and O–H groups in total. The van der Waals surface area contributed by atoms with E-state index in [0.717, 1.165) is 35.9 Å². The van der Waals surface area contributed by atoms with E-state index in [9.17, 15) is 13.2 Å². The first kappa shape index (κ1) is 19.9. The van der Waals surface area contributed by atoms with E-state index in [2.05, 4.69) is 15.3 Å². The minimum atomic E-state index is -3.56. The van der Waals surface area contributed by atoms with Gasteiger partial charge in [-0.3, -0.25) is 4.79 Å². The number of piperidine rings is 1. The number of anilines is 1. The summed E-state index contributed by atoms with van der Waals surface area (Å²) in [4.78, 5) is 21.9. The van der Waals surface area contributed by atoms with Crippen LogP contribution in [0, 0.1) is 0 Å². The zero-order valence-corrected chi connectivity index (χ0v) is 17.7. The minimum absolute atomic E-state index is 0.0440. The van der Waals surface area contributed by atoms with Crippen molar-refractivity contribution in [1.82, 2.24) is 14.3 Å². The van der Waals surface area contributed by atoms with Crippen LogP contribution in [-0.4, -0.2) is 41.2 Å². The summed E-state index contributed by atoms with van der Waals surface area (Å²) in [6.07, 6.45) is 5.05. The van der Waals surface area contributed by atoms with Crippen LogP contribution >= 0.6 is 11.3 Å². The van der Waals surface area contributed by atoms with E-state index in [1.807, 2.05) is 18.4 Å². The lowest BCUT2D eigenvalue weighted by Gasteiger charge is -2.34. The van der Waals surface area contributed by atoms with E-state index in [1.165, 1.54) is 29.8 Å². The van der Waals surface area contributed by atoms with Crippen molar-refractivity contribution in [1.29, 1.82) is 0 Å². The Bertz CT molecular complexity index is 1130. The number of sulfonamides is 1. The van der Waals surface area contributed by atoms with E-state index in [4.69, 9.17) is 0 Å². The highest BCUT2D eigenvalue weighted by atomic mass is 32.2. The molecular formula is C20H22N4O3S2. The van der Waals surface area contributed by atoms with Gasteiger partial charge in [-0.25, -0.2) is 18.4 Å². The number of hydrogen-bond acceptors (Lipinski definition) is 6. The topological polar surface area (TPSA) is 92.3 Å². The Hall–Kier alpha value is -2.36.